The van der Waals surface area contributed by atoms with E-state index in [4.69, 9.17) is 10.3 Å². The van der Waals surface area contributed by atoms with Crippen LogP contribution < -0.4 is 0 Å². The zero-order chi connectivity index (χ0) is 12.3. The third kappa shape index (κ3) is 2.73. The van der Waals surface area contributed by atoms with Gasteiger partial charge in [-0.05, 0) is 12.8 Å². The van der Waals surface area contributed by atoms with E-state index < -0.39 is 6.09 Å². The number of likely N-dealkylation sites (tertiary alicyclic amines) is 1. The summed E-state index contributed by atoms with van der Waals surface area (Å²) in [6, 6.07) is 0. The number of hydrogen-bond acceptors (Lipinski definition) is 5. The number of amides is 1. The van der Waals surface area contributed by atoms with Gasteiger partial charge in [-0.1, -0.05) is 5.16 Å². The fourth-order valence-electron chi connectivity index (χ4n) is 1.92. The smallest absolute Gasteiger partial charge is 0.407 e. The van der Waals surface area contributed by atoms with Crippen LogP contribution in [0.15, 0.2) is 10.5 Å². The highest BCUT2D eigenvalue weighted by molar-refractivity contribution is 7.09. The summed E-state index contributed by atoms with van der Waals surface area (Å²) < 4.78 is 0. The van der Waals surface area contributed by atoms with Gasteiger partial charge in [0.2, 0.25) is 0 Å². The number of thiazole rings is 1. The van der Waals surface area contributed by atoms with Gasteiger partial charge in [0, 0.05) is 24.4 Å². The second-order valence-electron chi connectivity index (χ2n) is 3.90. The molecule has 17 heavy (non-hydrogen) atoms. The quantitative estimate of drug-likeness (QED) is 0.479. The number of carbonyl (C=O) groups is 1. The van der Waals surface area contributed by atoms with E-state index in [2.05, 4.69) is 10.1 Å². The molecule has 1 saturated heterocycles. The SMILES string of the molecule is O=C(O)N1CCC(c2nc(C=NO)cs2)CC1. The van der Waals surface area contributed by atoms with E-state index in [1.165, 1.54) is 22.5 Å². The van der Waals surface area contributed by atoms with E-state index in [9.17, 15) is 4.79 Å². The number of oxime groups is 1. The van der Waals surface area contributed by atoms with Gasteiger partial charge >= 0.3 is 6.09 Å². The molecule has 1 amide bonds. The third-order valence-electron chi connectivity index (χ3n) is 2.84. The van der Waals surface area contributed by atoms with E-state index in [0.29, 0.717) is 24.7 Å². The van der Waals surface area contributed by atoms with Gasteiger partial charge < -0.3 is 15.2 Å². The van der Waals surface area contributed by atoms with E-state index in [1.54, 1.807) is 0 Å². The molecule has 2 heterocycles. The van der Waals surface area contributed by atoms with Gasteiger partial charge in [-0.25, -0.2) is 9.78 Å². The van der Waals surface area contributed by atoms with Crippen molar-refractivity contribution in [3.8, 4) is 0 Å². The summed E-state index contributed by atoms with van der Waals surface area (Å²) >= 11 is 1.53. The Kier molecular flexibility index (Phi) is 3.58. The van der Waals surface area contributed by atoms with Crippen molar-refractivity contribution in [2.75, 3.05) is 13.1 Å². The molecular formula is C10H13N3O3S. The molecule has 1 aliphatic heterocycles. The lowest BCUT2D eigenvalue weighted by Crippen LogP contribution is -2.36. The second-order valence-corrected chi connectivity index (χ2v) is 4.79. The van der Waals surface area contributed by atoms with Crippen LogP contribution in [-0.2, 0) is 0 Å². The van der Waals surface area contributed by atoms with Crippen LogP contribution in [0.1, 0.15) is 29.5 Å². The van der Waals surface area contributed by atoms with Crippen molar-refractivity contribution in [1.82, 2.24) is 9.88 Å². The van der Waals surface area contributed by atoms with Gasteiger partial charge in [0.15, 0.2) is 0 Å². The Hall–Kier alpha value is -1.63. The largest absolute Gasteiger partial charge is 0.465 e. The van der Waals surface area contributed by atoms with Gasteiger partial charge in [-0.2, -0.15) is 0 Å². The van der Waals surface area contributed by atoms with Crippen LogP contribution in [0.25, 0.3) is 0 Å². The van der Waals surface area contributed by atoms with Crippen LogP contribution >= 0.6 is 11.3 Å². The second kappa shape index (κ2) is 5.13. The van der Waals surface area contributed by atoms with E-state index in [1.807, 2.05) is 5.38 Å². The minimum Gasteiger partial charge on any atom is -0.465 e. The summed E-state index contributed by atoms with van der Waals surface area (Å²) in [6.07, 6.45) is 2.05. The molecule has 0 radical (unpaired) electrons. The number of nitrogens with zero attached hydrogens (tertiary/aromatic N) is 3. The summed E-state index contributed by atoms with van der Waals surface area (Å²) in [5.74, 6) is 0.316. The molecule has 0 atom stereocenters. The van der Waals surface area contributed by atoms with Crippen LogP contribution in [0.4, 0.5) is 4.79 Å². The average Bonchev–Trinajstić information content (AvgIpc) is 2.78. The van der Waals surface area contributed by atoms with Crippen molar-refractivity contribution in [3.05, 3.63) is 16.1 Å². The van der Waals surface area contributed by atoms with Gasteiger partial charge in [0.25, 0.3) is 0 Å². The Morgan fingerprint density at radius 3 is 2.88 bits per heavy atom. The molecule has 1 aromatic rings. The zero-order valence-corrected chi connectivity index (χ0v) is 9.93. The molecule has 2 rings (SSSR count). The van der Waals surface area contributed by atoms with Crippen LogP contribution in [0.5, 0.6) is 0 Å². The molecular weight excluding hydrogens is 242 g/mol. The summed E-state index contributed by atoms with van der Waals surface area (Å²) in [7, 11) is 0. The molecule has 0 saturated carbocycles. The van der Waals surface area contributed by atoms with Gasteiger partial charge in [-0.3, -0.25) is 0 Å². The van der Waals surface area contributed by atoms with E-state index in [-0.39, 0.29) is 0 Å². The summed E-state index contributed by atoms with van der Waals surface area (Å²) in [5, 5.41) is 23.0. The van der Waals surface area contributed by atoms with E-state index >= 15 is 0 Å². The third-order valence-corrected chi connectivity index (χ3v) is 3.87. The number of rotatable bonds is 2. The topological polar surface area (TPSA) is 86.0 Å². The lowest BCUT2D eigenvalue weighted by atomic mass is 9.98. The van der Waals surface area contributed by atoms with Gasteiger partial charge in [-0.15, -0.1) is 11.3 Å². The predicted octanol–water partition coefficient (Wildman–Crippen LogP) is 1.81. The molecule has 1 aromatic heterocycles. The number of hydrogen-bond donors (Lipinski definition) is 2. The standard InChI is InChI=1S/C10H13N3O3S/c14-10(15)13-3-1-7(2-4-13)9-12-8(5-11-16)6-17-9/h5-7,16H,1-4H2,(H,14,15). The van der Waals surface area contributed by atoms with Crippen LogP contribution in [0.3, 0.4) is 0 Å². The van der Waals surface area contributed by atoms with Crippen molar-refractivity contribution < 1.29 is 15.1 Å². The lowest BCUT2D eigenvalue weighted by Gasteiger charge is -2.28. The normalized spacial score (nSPS) is 17.8. The highest BCUT2D eigenvalue weighted by Crippen LogP contribution is 2.29. The first-order valence-corrected chi connectivity index (χ1v) is 6.19. The first-order chi connectivity index (χ1) is 8.20. The Bertz CT molecular complexity index is 424. The first-order valence-electron chi connectivity index (χ1n) is 5.31. The zero-order valence-electron chi connectivity index (χ0n) is 9.11. The summed E-state index contributed by atoms with van der Waals surface area (Å²) in [6.45, 7) is 1.12. The van der Waals surface area contributed by atoms with Crippen molar-refractivity contribution >= 4 is 23.6 Å². The molecule has 6 nitrogen and oxygen atoms in total. The summed E-state index contributed by atoms with van der Waals surface area (Å²) in [4.78, 5) is 16.5. The molecule has 0 aromatic carbocycles. The maximum Gasteiger partial charge on any atom is 0.407 e. The van der Waals surface area contributed by atoms with Crippen molar-refractivity contribution in [1.29, 1.82) is 0 Å². The predicted molar refractivity (Wildman–Crippen MR) is 63.1 cm³/mol. The molecule has 1 aliphatic rings. The van der Waals surface area contributed by atoms with Crippen molar-refractivity contribution in [2.24, 2.45) is 5.16 Å². The first kappa shape index (κ1) is 11.8. The lowest BCUT2D eigenvalue weighted by molar-refractivity contribution is 0.132. The van der Waals surface area contributed by atoms with Crippen LogP contribution in [-0.4, -0.2) is 45.6 Å². The Morgan fingerprint density at radius 2 is 2.29 bits per heavy atom. The highest BCUT2D eigenvalue weighted by Gasteiger charge is 2.25. The molecule has 0 bridgehead atoms. The van der Waals surface area contributed by atoms with Crippen molar-refractivity contribution in [2.45, 2.75) is 18.8 Å². The maximum absolute atomic E-state index is 10.8. The Morgan fingerprint density at radius 1 is 1.59 bits per heavy atom. The number of carboxylic acid groups (broad SMARTS) is 1. The van der Waals surface area contributed by atoms with Gasteiger partial charge in [0.1, 0.15) is 0 Å². The maximum atomic E-state index is 10.8. The average molecular weight is 255 g/mol. The molecule has 92 valence electrons. The molecule has 0 aliphatic carbocycles. The van der Waals surface area contributed by atoms with Crippen LogP contribution in [0, 0.1) is 0 Å². The molecule has 7 heteroatoms. The molecule has 2 N–H and O–H groups in total. The molecule has 1 fully saturated rings. The minimum absolute atomic E-state index is 0.316. The fourth-order valence-corrected chi connectivity index (χ4v) is 2.87. The summed E-state index contributed by atoms with van der Waals surface area (Å²) in [5.41, 5.74) is 0.646. The number of aromatic nitrogens is 1. The van der Waals surface area contributed by atoms with Crippen LogP contribution in [0.2, 0.25) is 0 Å². The molecule has 0 spiro atoms. The fraction of sp³-hybridized carbons (Fsp3) is 0.500. The minimum atomic E-state index is -0.851. The number of piperidine rings is 1. The monoisotopic (exact) mass is 255 g/mol. The highest BCUT2D eigenvalue weighted by atomic mass is 32.1. The Balaban J connectivity index is 1.97. The van der Waals surface area contributed by atoms with Gasteiger partial charge in [0.05, 0.1) is 16.9 Å². The Labute approximate surface area is 102 Å². The van der Waals surface area contributed by atoms with Crippen molar-refractivity contribution in [3.63, 3.8) is 0 Å². The van der Waals surface area contributed by atoms with E-state index in [0.717, 1.165) is 17.8 Å². The molecule has 0 unspecified atom stereocenters.